The number of nitrogens with zero attached hydrogens (tertiary/aromatic N) is 5. The number of aryl methyl sites for hydroxylation is 3. The molecule has 0 fully saturated rings. The zero-order valence-electron chi connectivity index (χ0n) is 50.4. The molecule has 476 valence electrons. The average Bonchev–Trinajstić information content (AvgIpc) is 1.83. The van der Waals surface area contributed by atoms with Gasteiger partial charge in [0.2, 0.25) is 0 Å². The highest BCUT2D eigenvalue weighted by atomic mass is 32.2. The fraction of sp³-hybridized carbons (Fsp3) is 0.173. The minimum absolute atomic E-state index is 0. The molecule has 11 rings (SSSR count). The lowest BCUT2D eigenvalue weighted by atomic mass is 10.1. The normalized spacial score (nSPS) is 12.7. The van der Waals surface area contributed by atoms with Gasteiger partial charge in [-0.15, -0.1) is 0 Å². The van der Waals surface area contributed by atoms with Gasteiger partial charge in [0.25, 0.3) is 0 Å². The Balaban J connectivity index is 0.000000341. The molecule has 2 atom stereocenters. The molecule has 0 aromatic heterocycles. The standard InChI is InChI=1S/C47H42N4O2S2.C22H21NO.C2H4N2S2.2CO2.2CH4/c1-3-10-33-15-24-39(25-16-33)50(37-11-6-4-7-12-37)41-28-20-35(21-29-41)44-48-46-47(54-44)49-45(55-46)36-22-30-42(31-23-36)51(38-13-8-5-9-14-38)40-26-17-34(18-27-40)19-32-43(52)53-2;1-2-6-18-9-13-21(14-10-18)23(20-7-4-3-5-8-20)22-15-11-19(17-24)12-16-22;3-1(5)2(4)6;2*2-1-3;;/h4-9,11-18,20-31,46-47H,3,10,19,32H2,1-2H3;3-5,7-17H,2,6H2,1H3;(H2,3,5)(H2,4,6);;;2*1H4. The Kier molecular flexibility index (Phi) is 30.7. The fourth-order valence-electron chi connectivity index (χ4n) is 9.74. The van der Waals surface area contributed by atoms with Crippen molar-refractivity contribution in [2.24, 2.45) is 21.5 Å². The number of carbonyl (C=O) groups excluding carboxylic acids is 6. The monoisotopic (exact) mass is 1310 g/mol. The van der Waals surface area contributed by atoms with Crippen LogP contribution in [0.1, 0.15) is 86.1 Å². The molecule has 0 bridgehead atoms. The Bertz CT molecular complexity index is 3900. The van der Waals surface area contributed by atoms with Gasteiger partial charge < -0.3 is 30.9 Å². The lowest BCUT2D eigenvalue weighted by Crippen LogP contribution is -2.26. The van der Waals surface area contributed by atoms with Crippen LogP contribution >= 0.6 is 48.0 Å². The summed E-state index contributed by atoms with van der Waals surface area (Å²) in [6.07, 6.45) is 6.85. The van der Waals surface area contributed by atoms with E-state index in [-0.39, 0.29) is 53.9 Å². The van der Waals surface area contributed by atoms with E-state index in [9.17, 15) is 9.59 Å². The van der Waals surface area contributed by atoms with E-state index in [1.807, 2.05) is 48.5 Å². The number of benzene rings is 9. The van der Waals surface area contributed by atoms with Crippen LogP contribution in [-0.4, -0.2) is 62.5 Å². The number of thiocarbonyl (C=S) groups is 2. The molecule has 2 heterocycles. The van der Waals surface area contributed by atoms with E-state index >= 15 is 0 Å². The summed E-state index contributed by atoms with van der Waals surface area (Å²) >= 11 is 12.2. The Labute approximate surface area is 564 Å². The number of hydrogen-bond acceptors (Lipinski definition) is 16. The van der Waals surface area contributed by atoms with Crippen LogP contribution in [0.15, 0.2) is 247 Å². The van der Waals surface area contributed by atoms with Crippen LogP contribution in [0.25, 0.3) is 0 Å². The van der Waals surface area contributed by atoms with Gasteiger partial charge >= 0.3 is 18.3 Å². The Morgan fingerprint density at radius 1 is 0.452 bits per heavy atom. The minimum Gasteiger partial charge on any atom is -0.469 e. The summed E-state index contributed by atoms with van der Waals surface area (Å²) in [5.74, 6) is -0.199. The third-order valence-corrected chi connectivity index (χ3v) is 17.1. The van der Waals surface area contributed by atoms with Crippen LogP contribution in [0.4, 0.5) is 51.2 Å². The molecule has 0 spiro atoms. The van der Waals surface area contributed by atoms with Crippen molar-refractivity contribution in [1.29, 1.82) is 0 Å². The first-order valence-corrected chi connectivity index (χ1v) is 31.6. The summed E-state index contributed by atoms with van der Waals surface area (Å²) in [5, 5.41) is 2.17. The number of esters is 1. The van der Waals surface area contributed by atoms with Crippen molar-refractivity contribution >= 4 is 144 Å². The van der Waals surface area contributed by atoms with E-state index in [2.05, 4.69) is 241 Å². The molecule has 0 amide bonds. The second-order valence-electron chi connectivity index (χ2n) is 20.2. The third kappa shape index (κ3) is 21.3. The topological polar surface area (TPSA) is 198 Å². The maximum Gasteiger partial charge on any atom is 0.373 e. The first-order valence-electron chi connectivity index (χ1n) is 29.1. The van der Waals surface area contributed by atoms with Gasteiger partial charge in [0.05, 0.1) is 7.11 Å². The number of hydrogen-bond donors (Lipinski definition) is 2. The van der Waals surface area contributed by atoms with Gasteiger partial charge in [0.15, 0.2) is 0 Å². The number of nitrogens with two attached hydrogens (primary N) is 2. The number of aliphatic imine (C=N–C) groups is 2. The number of carbonyl (C=O) groups is 2. The van der Waals surface area contributed by atoms with E-state index in [4.69, 9.17) is 45.4 Å². The van der Waals surface area contributed by atoms with Crippen LogP contribution in [0, 0.1) is 0 Å². The number of aldehydes is 1. The predicted molar refractivity (Wildman–Crippen MR) is 390 cm³/mol. The van der Waals surface area contributed by atoms with Crippen molar-refractivity contribution in [1.82, 2.24) is 0 Å². The molecule has 9 aromatic rings. The molecule has 14 nitrogen and oxygen atoms in total. The molecule has 2 aliphatic heterocycles. The molecule has 18 heteroatoms. The lowest BCUT2D eigenvalue weighted by Gasteiger charge is -2.26. The third-order valence-electron chi connectivity index (χ3n) is 14.0. The highest BCUT2D eigenvalue weighted by Gasteiger charge is 2.37. The number of ether oxygens (including phenoxy) is 1. The zero-order valence-corrected chi connectivity index (χ0v) is 53.6. The highest BCUT2D eigenvalue weighted by Crippen LogP contribution is 2.45. The van der Waals surface area contributed by atoms with Crippen LogP contribution in [0.5, 0.6) is 0 Å². The fourth-order valence-corrected chi connectivity index (χ4v) is 12.2. The van der Waals surface area contributed by atoms with E-state index in [1.54, 1.807) is 23.5 Å². The Morgan fingerprint density at radius 2 is 0.710 bits per heavy atom. The van der Waals surface area contributed by atoms with Gasteiger partial charge in [-0.25, -0.2) is 0 Å². The molecule has 0 radical (unpaired) electrons. The molecule has 9 aromatic carbocycles. The summed E-state index contributed by atoms with van der Waals surface area (Å²) in [6, 6.07) is 82.2. The summed E-state index contributed by atoms with van der Waals surface area (Å²) in [6.45, 7) is 4.41. The summed E-state index contributed by atoms with van der Waals surface area (Å²) in [7, 11) is 1.43. The van der Waals surface area contributed by atoms with Crippen molar-refractivity contribution in [2.75, 3.05) is 21.8 Å². The maximum atomic E-state index is 11.7. The number of methoxy groups -OCH3 is 1. The minimum atomic E-state index is -0.199. The van der Waals surface area contributed by atoms with Crippen molar-refractivity contribution in [3.63, 3.8) is 0 Å². The van der Waals surface area contributed by atoms with Crippen LogP contribution in [0.3, 0.4) is 0 Å². The van der Waals surface area contributed by atoms with Crippen molar-refractivity contribution in [2.45, 2.75) is 78.0 Å². The number of anilines is 9. The quantitative estimate of drug-likeness (QED) is 0.0440. The first kappa shape index (κ1) is 73.8. The molecule has 2 aliphatic rings. The molecule has 93 heavy (non-hydrogen) atoms. The number of para-hydroxylation sites is 3. The van der Waals surface area contributed by atoms with Crippen molar-refractivity contribution < 1.29 is 33.5 Å². The first-order chi connectivity index (χ1) is 44.3. The second-order valence-corrected chi connectivity index (χ2v) is 23.3. The molecular weight excluding hydrogens is 1240 g/mol. The predicted octanol–water partition coefficient (Wildman–Crippen LogP) is 17.6. The number of fused-ring (bicyclic) bond motifs is 1. The maximum absolute atomic E-state index is 11.7. The average molecular weight is 1310 g/mol. The van der Waals surface area contributed by atoms with Gasteiger partial charge in [-0.05, 0) is 157 Å². The van der Waals surface area contributed by atoms with E-state index < -0.39 is 0 Å². The van der Waals surface area contributed by atoms with Gasteiger partial charge in [0.1, 0.15) is 37.1 Å². The molecule has 0 saturated carbocycles. The van der Waals surface area contributed by atoms with E-state index in [1.165, 1.54) is 18.2 Å². The van der Waals surface area contributed by atoms with Crippen molar-refractivity contribution in [3.05, 3.63) is 270 Å². The summed E-state index contributed by atoms with van der Waals surface area (Å²) in [4.78, 5) is 72.3. The molecular formula is C75H75N7O7S4. The van der Waals surface area contributed by atoms with Gasteiger partial charge in [-0.1, -0.05) is 205 Å². The van der Waals surface area contributed by atoms with Crippen LogP contribution in [0.2, 0.25) is 0 Å². The summed E-state index contributed by atoms with van der Waals surface area (Å²) in [5.41, 5.74) is 26.3. The molecule has 2 unspecified atom stereocenters. The van der Waals surface area contributed by atoms with Crippen LogP contribution in [-0.2, 0) is 48.0 Å². The SMILES string of the molecule is C.C.CCCc1ccc(N(c2ccccc2)c2ccc(C3=NC4SC(c5ccc(N(c6ccccc6)c6ccc(CCC(=O)OC)cc6)cc5)=NC4S3)cc2)cc1.CCCc1ccc(N(c2ccccc2)c2ccc(C=O)cc2)cc1.NC(=S)C(N)=S.O=C=O.O=C=O. The lowest BCUT2D eigenvalue weighted by molar-refractivity contribution is -0.193. The Hall–Kier alpha value is -9.90. The Morgan fingerprint density at radius 3 is 0.968 bits per heavy atom. The van der Waals surface area contributed by atoms with Crippen molar-refractivity contribution in [3.8, 4) is 0 Å². The second kappa shape index (κ2) is 38.7. The zero-order chi connectivity index (χ0) is 64.9. The number of thioether (sulfide) groups is 2. The van der Waals surface area contributed by atoms with Crippen LogP contribution < -0.4 is 26.2 Å². The van der Waals surface area contributed by atoms with Gasteiger partial charge in [0, 0.05) is 74.3 Å². The smallest absolute Gasteiger partial charge is 0.373 e. The number of rotatable bonds is 19. The molecule has 0 saturated heterocycles. The van der Waals surface area contributed by atoms with Gasteiger partial charge in [-0.3, -0.25) is 19.6 Å². The summed E-state index contributed by atoms with van der Waals surface area (Å²) < 4.78 is 4.82. The van der Waals surface area contributed by atoms with E-state index in [0.29, 0.717) is 18.4 Å². The van der Waals surface area contributed by atoms with E-state index in [0.717, 1.165) is 110 Å². The molecule has 4 N–H and O–H groups in total. The largest absolute Gasteiger partial charge is 0.469 e. The highest BCUT2D eigenvalue weighted by molar-refractivity contribution is 8.20. The molecule has 0 aliphatic carbocycles. The van der Waals surface area contributed by atoms with Gasteiger partial charge in [-0.2, -0.15) is 19.2 Å².